The Morgan fingerprint density at radius 2 is 1.48 bits per heavy atom. The molecule has 12 heteroatoms. The van der Waals surface area contributed by atoms with Gasteiger partial charge in [-0.1, -0.05) is 109 Å². The summed E-state index contributed by atoms with van der Waals surface area (Å²) < 4.78 is 14.8. The summed E-state index contributed by atoms with van der Waals surface area (Å²) >= 11 is 1.49. The van der Waals surface area contributed by atoms with Crippen molar-refractivity contribution >= 4 is 17.8 Å². The fourth-order valence-electron chi connectivity index (χ4n) is 5.93. The van der Waals surface area contributed by atoms with E-state index in [1.54, 1.807) is 28.9 Å². The number of rotatable bonds is 12. The SMILES string of the molecule is O=C(NCc1ccccc1)NCc1cccc(-c2ccc(C3OC(CSc4nnnn4-c4ccc(O)cc4)CC(c4ccc(CO)cc4)O3)cc2)c1. The van der Waals surface area contributed by atoms with E-state index in [0.29, 0.717) is 30.4 Å². The van der Waals surface area contributed by atoms with E-state index >= 15 is 0 Å². The number of ether oxygens (including phenoxy) is 2. The molecule has 0 radical (unpaired) electrons. The van der Waals surface area contributed by atoms with Crippen LogP contribution in [0.15, 0.2) is 133 Å². The Balaban J connectivity index is 1.02. The van der Waals surface area contributed by atoms with Crippen LogP contribution in [0, 0.1) is 0 Å². The molecule has 52 heavy (non-hydrogen) atoms. The number of aromatic nitrogens is 4. The van der Waals surface area contributed by atoms with E-state index in [0.717, 1.165) is 44.6 Å². The lowest BCUT2D eigenvalue weighted by molar-refractivity contribution is -0.245. The van der Waals surface area contributed by atoms with Crippen molar-refractivity contribution in [2.45, 2.75) is 49.8 Å². The summed E-state index contributed by atoms with van der Waals surface area (Å²) in [5, 5.41) is 38.0. The number of carbonyl (C=O) groups excluding carboxylic acids is 1. The van der Waals surface area contributed by atoms with Gasteiger partial charge in [0, 0.05) is 30.8 Å². The zero-order valence-electron chi connectivity index (χ0n) is 28.2. The number of phenolic OH excluding ortho intramolecular Hbond substituents is 1. The van der Waals surface area contributed by atoms with Gasteiger partial charge in [-0.25, -0.2) is 4.79 Å². The van der Waals surface area contributed by atoms with Gasteiger partial charge in [0.2, 0.25) is 5.16 Å². The van der Waals surface area contributed by atoms with Gasteiger partial charge in [-0.15, -0.1) is 5.10 Å². The molecule has 264 valence electrons. The molecule has 4 N–H and O–H groups in total. The van der Waals surface area contributed by atoms with Crippen LogP contribution in [0.1, 0.15) is 46.6 Å². The van der Waals surface area contributed by atoms with Crippen LogP contribution in [0.2, 0.25) is 0 Å². The molecule has 0 aliphatic carbocycles. The van der Waals surface area contributed by atoms with E-state index in [-0.39, 0.29) is 30.6 Å². The van der Waals surface area contributed by atoms with E-state index in [1.807, 2.05) is 84.9 Å². The average molecular weight is 715 g/mol. The van der Waals surface area contributed by atoms with Crippen LogP contribution in [0.25, 0.3) is 16.8 Å². The standard InChI is InChI=1S/C40H38N6O5S/c47-25-28-9-11-31(12-10-28)37-22-36(26-52-40-43-44-45-46(40)34-17-19-35(48)20-18-34)50-38(51-37)32-15-13-30(14-16-32)33-8-4-7-29(21-33)24-42-39(49)41-23-27-5-2-1-3-6-27/h1-21,36-38,47-48H,22-26H2,(H2,41,42,49). The first kappa shape index (κ1) is 34.9. The summed E-state index contributed by atoms with van der Waals surface area (Å²) in [6.07, 6.45) is -0.427. The number of thioether (sulfide) groups is 1. The molecule has 0 bridgehead atoms. The molecule has 1 fully saturated rings. The number of tetrazole rings is 1. The van der Waals surface area contributed by atoms with E-state index < -0.39 is 6.29 Å². The Hall–Kier alpha value is -5.53. The normalized spacial score (nSPS) is 17.1. The van der Waals surface area contributed by atoms with E-state index in [1.165, 1.54) is 11.8 Å². The fourth-order valence-corrected chi connectivity index (χ4v) is 6.84. The number of aliphatic hydroxyl groups is 1. The highest BCUT2D eigenvalue weighted by Gasteiger charge is 2.32. The Morgan fingerprint density at radius 3 is 2.23 bits per heavy atom. The number of phenols is 1. The molecule has 1 aromatic heterocycles. The second kappa shape index (κ2) is 16.7. The molecule has 6 aromatic rings. The highest BCUT2D eigenvalue weighted by molar-refractivity contribution is 7.99. The summed E-state index contributed by atoms with van der Waals surface area (Å²) in [5.74, 6) is 0.743. The number of hydrogen-bond acceptors (Lipinski definition) is 9. The van der Waals surface area contributed by atoms with Crippen molar-refractivity contribution < 1.29 is 24.5 Å². The zero-order valence-corrected chi connectivity index (χ0v) is 29.0. The van der Waals surface area contributed by atoms with Crippen molar-refractivity contribution in [3.8, 4) is 22.6 Å². The van der Waals surface area contributed by atoms with Crippen LogP contribution in [-0.4, -0.2) is 48.3 Å². The average Bonchev–Trinajstić information content (AvgIpc) is 3.68. The summed E-state index contributed by atoms with van der Waals surface area (Å²) in [4.78, 5) is 12.4. The minimum Gasteiger partial charge on any atom is -0.508 e. The lowest BCUT2D eigenvalue weighted by Crippen LogP contribution is -2.34. The van der Waals surface area contributed by atoms with E-state index in [4.69, 9.17) is 9.47 Å². The molecule has 2 heterocycles. The number of urea groups is 1. The van der Waals surface area contributed by atoms with Gasteiger partial charge in [0.25, 0.3) is 0 Å². The smallest absolute Gasteiger partial charge is 0.315 e. The fraction of sp³-hybridized carbons (Fsp3) is 0.200. The Bertz CT molecular complexity index is 2060. The van der Waals surface area contributed by atoms with Gasteiger partial charge < -0.3 is 30.3 Å². The molecule has 0 saturated carbocycles. The first-order valence-corrected chi connectivity index (χ1v) is 18.0. The highest BCUT2D eigenvalue weighted by atomic mass is 32.2. The predicted octanol–water partition coefficient (Wildman–Crippen LogP) is 6.86. The second-order valence-corrected chi connectivity index (χ2v) is 13.4. The summed E-state index contributed by atoms with van der Waals surface area (Å²) in [7, 11) is 0. The largest absolute Gasteiger partial charge is 0.508 e. The number of aliphatic hydroxyl groups excluding tert-OH is 1. The van der Waals surface area contributed by atoms with Crippen LogP contribution < -0.4 is 10.6 Å². The Kier molecular flexibility index (Phi) is 11.2. The first-order chi connectivity index (χ1) is 25.5. The van der Waals surface area contributed by atoms with Gasteiger partial charge in [0.15, 0.2) is 6.29 Å². The van der Waals surface area contributed by atoms with Crippen molar-refractivity contribution in [3.05, 3.63) is 155 Å². The number of nitrogens with zero attached hydrogens (tertiary/aromatic N) is 4. The molecule has 2 amide bonds. The molecule has 5 aromatic carbocycles. The van der Waals surface area contributed by atoms with Gasteiger partial charge >= 0.3 is 6.03 Å². The van der Waals surface area contributed by atoms with Crippen LogP contribution in [0.5, 0.6) is 5.75 Å². The molecular formula is C40H38N6O5S. The van der Waals surface area contributed by atoms with E-state index in [9.17, 15) is 15.0 Å². The maximum atomic E-state index is 12.4. The number of nitrogens with one attached hydrogen (secondary N) is 2. The van der Waals surface area contributed by atoms with Crippen LogP contribution in [-0.2, 0) is 29.2 Å². The van der Waals surface area contributed by atoms with Crippen molar-refractivity contribution in [1.29, 1.82) is 0 Å². The van der Waals surface area contributed by atoms with Crippen LogP contribution >= 0.6 is 11.8 Å². The molecule has 1 aliphatic rings. The van der Waals surface area contributed by atoms with Gasteiger partial charge in [-0.05, 0) is 74.1 Å². The van der Waals surface area contributed by atoms with Crippen LogP contribution in [0.4, 0.5) is 4.79 Å². The van der Waals surface area contributed by atoms with Gasteiger partial charge in [-0.3, -0.25) is 0 Å². The predicted molar refractivity (Wildman–Crippen MR) is 197 cm³/mol. The Morgan fingerprint density at radius 1 is 0.769 bits per heavy atom. The van der Waals surface area contributed by atoms with E-state index in [2.05, 4.69) is 44.4 Å². The molecule has 3 unspecified atom stereocenters. The second-order valence-electron chi connectivity index (χ2n) is 12.4. The van der Waals surface area contributed by atoms with Crippen molar-refractivity contribution in [2.24, 2.45) is 0 Å². The quantitative estimate of drug-likeness (QED) is 0.1000. The molecule has 3 atom stereocenters. The molecule has 0 spiro atoms. The zero-order chi connectivity index (χ0) is 35.7. The molecular weight excluding hydrogens is 677 g/mol. The number of amides is 2. The molecule has 1 saturated heterocycles. The number of aromatic hydroxyl groups is 1. The maximum absolute atomic E-state index is 12.4. The third kappa shape index (κ3) is 8.85. The monoisotopic (exact) mass is 714 g/mol. The Labute approximate surface area is 305 Å². The van der Waals surface area contributed by atoms with Crippen molar-refractivity contribution in [1.82, 2.24) is 30.8 Å². The van der Waals surface area contributed by atoms with Gasteiger partial charge in [0.05, 0.1) is 24.5 Å². The third-order valence-corrected chi connectivity index (χ3v) is 9.79. The molecule has 7 rings (SSSR count). The number of carbonyl (C=O) groups is 1. The topological polar surface area (TPSA) is 144 Å². The number of hydrogen-bond donors (Lipinski definition) is 4. The molecule has 11 nitrogen and oxygen atoms in total. The van der Waals surface area contributed by atoms with Crippen molar-refractivity contribution in [3.63, 3.8) is 0 Å². The minimum absolute atomic E-state index is 0.0254. The van der Waals surface area contributed by atoms with Crippen LogP contribution in [0.3, 0.4) is 0 Å². The minimum atomic E-state index is -0.617. The molecule has 1 aliphatic heterocycles. The first-order valence-electron chi connectivity index (χ1n) is 17.0. The third-order valence-electron chi connectivity index (χ3n) is 8.74. The lowest BCUT2D eigenvalue weighted by Gasteiger charge is -2.36. The lowest BCUT2D eigenvalue weighted by atomic mass is 9.99. The number of benzene rings is 5. The summed E-state index contributed by atoms with van der Waals surface area (Å²) in [6, 6.07) is 40.3. The maximum Gasteiger partial charge on any atom is 0.315 e. The van der Waals surface area contributed by atoms with Gasteiger partial charge in [-0.2, -0.15) is 4.68 Å². The van der Waals surface area contributed by atoms with Crippen molar-refractivity contribution in [2.75, 3.05) is 5.75 Å². The van der Waals surface area contributed by atoms with Gasteiger partial charge in [0.1, 0.15) is 5.75 Å². The summed E-state index contributed by atoms with van der Waals surface area (Å²) in [6.45, 7) is 0.839. The summed E-state index contributed by atoms with van der Waals surface area (Å²) in [5.41, 5.74) is 7.55. The highest BCUT2D eigenvalue weighted by Crippen LogP contribution is 2.40.